The van der Waals surface area contributed by atoms with Crippen LogP contribution in [0, 0.1) is 0 Å². The number of piperidine rings is 2. The predicted molar refractivity (Wildman–Crippen MR) is 67.2 cm³/mol. The predicted octanol–water partition coefficient (Wildman–Crippen LogP) is 1.62. The van der Waals surface area contributed by atoms with Gasteiger partial charge in [-0.3, -0.25) is 0 Å². The third-order valence-electron chi connectivity index (χ3n) is 3.85. The molecule has 5 nitrogen and oxygen atoms in total. The van der Waals surface area contributed by atoms with Crippen LogP contribution >= 0.6 is 0 Å². The van der Waals surface area contributed by atoms with E-state index in [9.17, 15) is 9.59 Å². The number of nitrogens with zero attached hydrogens (tertiary/aromatic N) is 2. The van der Waals surface area contributed by atoms with E-state index in [-0.39, 0.29) is 18.0 Å². The maximum absolute atomic E-state index is 12.4. The number of hydrogen-bond acceptors (Lipinski definition) is 3. The highest BCUT2D eigenvalue weighted by Crippen LogP contribution is 2.21. The Morgan fingerprint density at radius 2 is 1.67 bits per heavy atom. The van der Waals surface area contributed by atoms with Gasteiger partial charge in [-0.2, -0.15) is 0 Å². The summed E-state index contributed by atoms with van der Waals surface area (Å²) in [6.07, 6.45) is 6.04. The van der Waals surface area contributed by atoms with Crippen molar-refractivity contribution in [3.8, 4) is 0 Å². The molecule has 0 spiro atoms. The number of ether oxygens (including phenoxy) is 1. The fourth-order valence-corrected chi connectivity index (χ4v) is 2.81. The molecule has 18 heavy (non-hydrogen) atoms. The second-order valence-electron chi connectivity index (χ2n) is 5.06. The van der Waals surface area contributed by atoms with E-state index in [0.717, 1.165) is 45.2 Å². The molecule has 0 saturated carbocycles. The van der Waals surface area contributed by atoms with Gasteiger partial charge in [0, 0.05) is 19.6 Å². The van der Waals surface area contributed by atoms with E-state index in [1.165, 1.54) is 13.5 Å². The lowest BCUT2D eigenvalue weighted by Gasteiger charge is -2.38. The lowest BCUT2D eigenvalue weighted by molar-refractivity contribution is -0.147. The minimum atomic E-state index is -0.377. The van der Waals surface area contributed by atoms with Gasteiger partial charge >= 0.3 is 12.0 Å². The minimum absolute atomic E-state index is 0.0183. The van der Waals surface area contributed by atoms with E-state index < -0.39 is 0 Å². The molecule has 1 unspecified atom stereocenters. The molecule has 2 fully saturated rings. The summed E-state index contributed by atoms with van der Waals surface area (Å²) in [4.78, 5) is 27.7. The van der Waals surface area contributed by atoms with Crippen molar-refractivity contribution in [3.05, 3.63) is 0 Å². The normalized spacial score (nSPS) is 24.8. The van der Waals surface area contributed by atoms with Crippen molar-refractivity contribution >= 4 is 12.0 Å². The Hall–Kier alpha value is -1.26. The van der Waals surface area contributed by atoms with Crippen LogP contribution in [0.4, 0.5) is 4.79 Å². The van der Waals surface area contributed by atoms with Gasteiger partial charge in [-0.1, -0.05) is 0 Å². The van der Waals surface area contributed by atoms with Crippen molar-refractivity contribution in [2.24, 2.45) is 0 Å². The summed E-state index contributed by atoms with van der Waals surface area (Å²) in [5.41, 5.74) is 0. The van der Waals surface area contributed by atoms with Crippen molar-refractivity contribution in [1.29, 1.82) is 0 Å². The maximum Gasteiger partial charge on any atom is 0.328 e. The number of esters is 1. The molecule has 2 amide bonds. The fraction of sp³-hybridized carbons (Fsp3) is 0.846. The average Bonchev–Trinajstić information content (AvgIpc) is 2.46. The first kappa shape index (κ1) is 13.2. The molecule has 0 bridgehead atoms. The van der Waals surface area contributed by atoms with Gasteiger partial charge in [-0.15, -0.1) is 0 Å². The second-order valence-corrected chi connectivity index (χ2v) is 5.06. The van der Waals surface area contributed by atoms with Gasteiger partial charge in [-0.05, 0) is 38.5 Å². The number of likely N-dealkylation sites (tertiary alicyclic amines) is 2. The monoisotopic (exact) mass is 254 g/mol. The molecule has 2 heterocycles. The van der Waals surface area contributed by atoms with Crippen LogP contribution in [0.1, 0.15) is 38.5 Å². The topological polar surface area (TPSA) is 49.9 Å². The van der Waals surface area contributed by atoms with Gasteiger partial charge in [0.25, 0.3) is 0 Å². The van der Waals surface area contributed by atoms with Gasteiger partial charge < -0.3 is 14.5 Å². The number of methoxy groups -OCH3 is 1. The minimum Gasteiger partial charge on any atom is -0.467 e. The molecule has 0 aliphatic carbocycles. The number of carbonyl (C=O) groups is 2. The number of rotatable bonds is 1. The largest absolute Gasteiger partial charge is 0.467 e. The summed E-state index contributed by atoms with van der Waals surface area (Å²) in [6, 6.07) is -0.358. The zero-order valence-corrected chi connectivity index (χ0v) is 11.1. The summed E-state index contributed by atoms with van der Waals surface area (Å²) >= 11 is 0. The lowest BCUT2D eigenvalue weighted by Crippen LogP contribution is -2.54. The number of urea groups is 1. The first-order valence-electron chi connectivity index (χ1n) is 6.87. The summed E-state index contributed by atoms with van der Waals surface area (Å²) in [6.45, 7) is 2.32. The van der Waals surface area contributed by atoms with Gasteiger partial charge in [-0.25, -0.2) is 9.59 Å². The standard InChI is InChI=1S/C13H22N2O3/c1-18-12(16)11-7-3-6-10-15(11)13(17)14-8-4-2-5-9-14/h11H,2-10H2,1H3. The van der Waals surface area contributed by atoms with E-state index in [0.29, 0.717) is 6.54 Å². The molecule has 0 radical (unpaired) electrons. The van der Waals surface area contributed by atoms with Crippen LogP contribution in [0.15, 0.2) is 0 Å². The van der Waals surface area contributed by atoms with Gasteiger partial charge in [0.2, 0.25) is 0 Å². The Balaban J connectivity index is 2.03. The van der Waals surface area contributed by atoms with E-state index >= 15 is 0 Å². The van der Waals surface area contributed by atoms with Crippen molar-refractivity contribution < 1.29 is 14.3 Å². The van der Waals surface area contributed by atoms with E-state index in [1.807, 2.05) is 4.90 Å². The summed E-state index contributed by atoms with van der Waals surface area (Å²) in [5.74, 6) is -0.278. The molecule has 0 aromatic rings. The molecule has 0 N–H and O–H groups in total. The van der Waals surface area contributed by atoms with Crippen molar-refractivity contribution in [2.75, 3.05) is 26.7 Å². The zero-order chi connectivity index (χ0) is 13.0. The van der Waals surface area contributed by atoms with E-state index in [2.05, 4.69) is 0 Å². The van der Waals surface area contributed by atoms with Crippen LogP contribution in [-0.4, -0.2) is 54.6 Å². The average molecular weight is 254 g/mol. The quantitative estimate of drug-likeness (QED) is 0.668. The molecular formula is C13H22N2O3. The molecule has 102 valence electrons. The van der Waals surface area contributed by atoms with Crippen LogP contribution in [0.2, 0.25) is 0 Å². The zero-order valence-electron chi connectivity index (χ0n) is 11.1. The third-order valence-corrected chi connectivity index (χ3v) is 3.85. The highest BCUT2D eigenvalue weighted by molar-refractivity contribution is 5.84. The molecule has 2 rings (SSSR count). The summed E-state index contributed by atoms with van der Waals surface area (Å²) < 4.78 is 4.81. The van der Waals surface area contributed by atoms with Gasteiger partial charge in [0.05, 0.1) is 7.11 Å². The number of amides is 2. The molecule has 2 aliphatic rings. The third kappa shape index (κ3) is 2.76. The van der Waals surface area contributed by atoms with Crippen molar-refractivity contribution in [2.45, 2.75) is 44.6 Å². The SMILES string of the molecule is COC(=O)C1CCCCN1C(=O)N1CCCCC1. The molecule has 1 atom stereocenters. The summed E-state index contributed by atoms with van der Waals surface area (Å²) in [5, 5.41) is 0. The lowest BCUT2D eigenvalue weighted by atomic mass is 10.0. The maximum atomic E-state index is 12.4. The van der Waals surface area contributed by atoms with Crippen LogP contribution in [-0.2, 0) is 9.53 Å². The Kier molecular flexibility index (Phi) is 4.44. The molecule has 2 saturated heterocycles. The first-order chi connectivity index (χ1) is 8.74. The Bertz CT molecular complexity index is 313. The van der Waals surface area contributed by atoms with Crippen LogP contribution in [0.5, 0.6) is 0 Å². The first-order valence-corrected chi connectivity index (χ1v) is 6.87. The molecule has 5 heteroatoms. The van der Waals surface area contributed by atoms with E-state index in [1.54, 1.807) is 4.90 Å². The summed E-state index contributed by atoms with van der Waals surface area (Å²) in [7, 11) is 1.39. The number of hydrogen-bond donors (Lipinski definition) is 0. The highest BCUT2D eigenvalue weighted by Gasteiger charge is 2.35. The second kappa shape index (κ2) is 6.07. The van der Waals surface area contributed by atoms with Crippen molar-refractivity contribution in [1.82, 2.24) is 9.80 Å². The van der Waals surface area contributed by atoms with Gasteiger partial charge in [0.1, 0.15) is 6.04 Å². The van der Waals surface area contributed by atoms with Crippen LogP contribution in [0.3, 0.4) is 0 Å². The number of carbonyl (C=O) groups excluding carboxylic acids is 2. The Morgan fingerprint density at radius 1 is 1.00 bits per heavy atom. The van der Waals surface area contributed by atoms with E-state index in [4.69, 9.17) is 4.74 Å². The fourth-order valence-electron chi connectivity index (χ4n) is 2.81. The van der Waals surface area contributed by atoms with Gasteiger partial charge in [0.15, 0.2) is 0 Å². The van der Waals surface area contributed by atoms with Crippen LogP contribution in [0.25, 0.3) is 0 Å². The highest BCUT2D eigenvalue weighted by atomic mass is 16.5. The van der Waals surface area contributed by atoms with Crippen LogP contribution < -0.4 is 0 Å². The smallest absolute Gasteiger partial charge is 0.328 e. The molecule has 2 aliphatic heterocycles. The molecule has 0 aromatic heterocycles. The molecular weight excluding hydrogens is 232 g/mol. The van der Waals surface area contributed by atoms with Crippen molar-refractivity contribution in [3.63, 3.8) is 0 Å². The Morgan fingerprint density at radius 3 is 2.33 bits per heavy atom. The molecule has 0 aromatic carbocycles. The Labute approximate surface area is 108 Å².